The van der Waals surface area contributed by atoms with Gasteiger partial charge in [-0.05, 0) is 80.3 Å². The van der Waals surface area contributed by atoms with Crippen LogP contribution in [0.25, 0.3) is 0 Å². The molecule has 3 aliphatic rings. The van der Waals surface area contributed by atoms with Gasteiger partial charge in [0.25, 0.3) is 0 Å². The fraction of sp³-hybridized carbons (Fsp3) is 0.400. The monoisotopic (exact) mass is 521 g/mol. The highest BCUT2D eigenvalue weighted by Crippen LogP contribution is 2.47. The van der Waals surface area contributed by atoms with Crippen molar-refractivity contribution in [3.05, 3.63) is 81.2 Å². The summed E-state index contributed by atoms with van der Waals surface area (Å²) in [6.45, 7) is 1.89. The van der Waals surface area contributed by atoms with E-state index in [4.69, 9.17) is 25.8 Å². The fourth-order valence-corrected chi connectivity index (χ4v) is 6.09. The number of hydrogen-bond acceptors (Lipinski definition) is 6. The number of carbonyl (C=O) groups is 2. The molecule has 6 nitrogen and oxygen atoms in total. The summed E-state index contributed by atoms with van der Waals surface area (Å²) in [4.78, 5) is 27.3. The third kappa shape index (κ3) is 4.99. The summed E-state index contributed by atoms with van der Waals surface area (Å²) in [6, 6.07) is 13.2. The second kappa shape index (κ2) is 10.6. The van der Waals surface area contributed by atoms with Crippen LogP contribution < -0.4 is 14.8 Å². The number of halogens is 1. The van der Waals surface area contributed by atoms with Crippen molar-refractivity contribution in [3.8, 4) is 11.5 Å². The Morgan fingerprint density at radius 1 is 0.973 bits per heavy atom. The molecule has 194 valence electrons. The van der Waals surface area contributed by atoms with E-state index in [1.807, 2.05) is 43.3 Å². The van der Waals surface area contributed by atoms with Crippen molar-refractivity contribution in [1.82, 2.24) is 5.32 Å². The number of ketones is 1. The second-order valence-electron chi connectivity index (χ2n) is 10.00. The number of dihydropyridines is 1. The lowest BCUT2D eigenvalue weighted by atomic mass is 9.71. The number of nitrogens with one attached hydrogen (secondary N) is 1. The van der Waals surface area contributed by atoms with Crippen LogP contribution in [0.2, 0.25) is 5.02 Å². The number of rotatable bonds is 6. The highest BCUT2D eigenvalue weighted by Gasteiger charge is 2.42. The van der Waals surface area contributed by atoms with E-state index in [1.165, 1.54) is 0 Å². The van der Waals surface area contributed by atoms with Gasteiger partial charge in [0.15, 0.2) is 17.3 Å². The van der Waals surface area contributed by atoms with E-state index in [2.05, 4.69) is 5.32 Å². The van der Waals surface area contributed by atoms with Gasteiger partial charge in [0.1, 0.15) is 6.10 Å². The Morgan fingerprint density at radius 2 is 1.73 bits per heavy atom. The molecule has 0 radical (unpaired) electrons. The zero-order chi connectivity index (χ0) is 26.1. The molecule has 1 aliphatic heterocycles. The number of esters is 1. The molecule has 0 spiro atoms. The topological polar surface area (TPSA) is 73.9 Å². The molecule has 0 bridgehead atoms. The molecule has 0 aromatic heterocycles. The largest absolute Gasteiger partial charge is 0.493 e. The Hall–Kier alpha value is -3.25. The summed E-state index contributed by atoms with van der Waals surface area (Å²) in [5.74, 6) is 0.379. The molecule has 0 amide bonds. The van der Waals surface area contributed by atoms with E-state index in [9.17, 15) is 9.59 Å². The summed E-state index contributed by atoms with van der Waals surface area (Å²) in [5, 5.41) is 3.98. The zero-order valence-electron chi connectivity index (χ0n) is 21.4. The van der Waals surface area contributed by atoms with Gasteiger partial charge < -0.3 is 19.5 Å². The summed E-state index contributed by atoms with van der Waals surface area (Å²) < 4.78 is 16.8. The van der Waals surface area contributed by atoms with Gasteiger partial charge in [-0.2, -0.15) is 0 Å². The SMILES string of the molecule is COc1ccc([C@@H]2CC(=O)C3=C(C2)NC(C)=C(C(=O)OC2CCCC2)[C@@H]3c2cccc(Cl)c2)cc1OC. The molecule has 1 fully saturated rings. The highest BCUT2D eigenvalue weighted by molar-refractivity contribution is 6.30. The van der Waals surface area contributed by atoms with Crippen LogP contribution in [-0.2, 0) is 14.3 Å². The lowest BCUT2D eigenvalue weighted by Crippen LogP contribution is -2.36. The first kappa shape index (κ1) is 25.4. The molecule has 1 N–H and O–H groups in total. The minimum absolute atomic E-state index is 0.0113. The minimum Gasteiger partial charge on any atom is -0.493 e. The average molecular weight is 522 g/mol. The quantitative estimate of drug-likeness (QED) is 0.456. The van der Waals surface area contributed by atoms with Crippen LogP contribution in [-0.4, -0.2) is 32.1 Å². The van der Waals surface area contributed by atoms with E-state index >= 15 is 0 Å². The van der Waals surface area contributed by atoms with Crippen molar-refractivity contribution >= 4 is 23.4 Å². The molecular weight excluding hydrogens is 490 g/mol. The Balaban J connectivity index is 1.53. The molecule has 5 rings (SSSR count). The summed E-state index contributed by atoms with van der Waals surface area (Å²) in [5.41, 5.74) is 4.50. The fourth-order valence-electron chi connectivity index (χ4n) is 5.89. The maximum Gasteiger partial charge on any atom is 0.337 e. The number of allylic oxidation sites excluding steroid dienone is 3. The van der Waals surface area contributed by atoms with Crippen molar-refractivity contribution in [2.24, 2.45) is 0 Å². The third-order valence-corrected chi connectivity index (χ3v) is 7.92. The standard InChI is InChI=1S/C30H32ClNO5/c1-17-27(30(34)37-22-9-4-5-10-22)28(19-7-6-8-21(31)13-19)29-23(32-17)14-20(15-24(29)33)18-11-12-25(35-2)26(16-18)36-3/h6-8,11-13,16,20,22,28,32H,4-5,9-10,14-15H2,1-3H3/t20-,28-/m0/s1. The third-order valence-electron chi connectivity index (χ3n) is 7.68. The van der Waals surface area contributed by atoms with Crippen LogP contribution in [0.1, 0.15) is 68.4 Å². The predicted octanol–water partition coefficient (Wildman–Crippen LogP) is 6.20. The van der Waals surface area contributed by atoms with E-state index < -0.39 is 5.92 Å². The number of methoxy groups -OCH3 is 2. The Labute approximate surface area is 222 Å². The first-order chi connectivity index (χ1) is 17.9. The van der Waals surface area contributed by atoms with Gasteiger partial charge in [-0.3, -0.25) is 4.79 Å². The molecule has 2 aromatic carbocycles. The van der Waals surface area contributed by atoms with E-state index in [1.54, 1.807) is 20.3 Å². The van der Waals surface area contributed by atoms with E-state index in [0.29, 0.717) is 46.2 Å². The molecule has 2 aromatic rings. The van der Waals surface area contributed by atoms with Crippen LogP contribution in [0, 0.1) is 0 Å². The molecule has 1 saturated carbocycles. The molecule has 1 heterocycles. The Bertz CT molecular complexity index is 1290. The summed E-state index contributed by atoms with van der Waals surface area (Å²) in [7, 11) is 3.21. The van der Waals surface area contributed by atoms with Crippen LogP contribution >= 0.6 is 11.6 Å². The number of carbonyl (C=O) groups excluding carboxylic acids is 2. The number of Topliss-reactive ketones (excluding diaryl/α,β-unsaturated/α-hetero) is 1. The lowest BCUT2D eigenvalue weighted by molar-refractivity contribution is -0.144. The van der Waals surface area contributed by atoms with Crippen molar-refractivity contribution in [2.75, 3.05) is 14.2 Å². The Kier molecular flexibility index (Phi) is 7.29. The van der Waals surface area contributed by atoms with Gasteiger partial charge in [0.05, 0.1) is 19.8 Å². The maximum absolute atomic E-state index is 13.8. The molecule has 7 heteroatoms. The first-order valence-corrected chi connectivity index (χ1v) is 13.2. The van der Waals surface area contributed by atoms with Gasteiger partial charge in [0, 0.05) is 34.3 Å². The number of ether oxygens (including phenoxy) is 3. The molecular formula is C30H32ClNO5. The van der Waals surface area contributed by atoms with Crippen LogP contribution in [0.15, 0.2) is 65.0 Å². The van der Waals surface area contributed by atoms with Crippen molar-refractivity contribution in [1.29, 1.82) is 0 Å². The van der Waals surface area contributed by atoms with Crippen molar-refractivity contribution in [2.45, 2.75) is 63.4 Å². The highest BCUT2D eigenvalue weighted by atomic mass is 35.5. The number of hydrogen-bond donors (Lipinski definition) is 1. The van der Waals surface area contributed by atoms with Gasteiger partial charge in [0.2, 0.25) is 0 Å². The van der Waals surface area contributed by atoms with Gasteiger partial charge in [-0.15, -0.1) is 0 Å². The summed E-state index contributed by atoms with van der Waals surface area (Å²) in [6.07, 6.45) is 4.79. The van der Waals surface area contributed by atoms with Crippen LogP contribution in [0.5, 0.6) is 11.5 Å². The Morgan fingerprint density at radius 3 is 2.43 bits per heavy atom. The van der Waals surface area contributed by atoms with Crippen molar-refractivity contribution in [3.63, 3.8) is 0 Å². The molecule has 2 aliphatic carbocycles. The zero-order valence-corrected chi connectivity index (χ0v) is 22.2. The lowest BCUT2D eigenvalue weighted by Gasteiger charge is -2.37. The second-order valence-corrected chi connectivity index (χ2v) is 10.4. The van der Waals surface area contributed by atoms with Crippen molar-refractivity contribution < 1.29 is 23.8 Å². The van der Waals surface area contributed by atoms with E-state index in [0.717, 1.165) is 42.5 Å². The maximum atomic E-state index is 13.8. The molecule has 2 atom stereocenters. The van der Waals surface area contributed by atoms with Crippen LogP contribution in [0.3, 0.4) is 0 Å². The van der Waals surface area contributed by atoms with Crippen LogP contribution in [0.4, 0.5) is 0 Å². The van der Waals surface area contributed by atoms with Gasteiger partial charge in [-0.1, -0.05) is 29.8 Å². The average Bonchev–Trinajstić information content (AvgIpc) is 3.40. The minimum atomic E-state index is -0.525. The van der Waals surface area contributed by atoms with Gasteiger partial charge in [-0.25, -0.2) is 4.79 Å². The number of benzene rings is 2. The normalized spacial score (nSPS) is 22.0. The smallest absolute Gasteiger partial charge is 0.337 e. The molecule has 0 saturated heterocycles. The molecule has 0 unspecified atom stereocenters. The molecule has 37 heavy (non-hydrogen) atoms. The first-order valence-electron chi connectivity index (χ1n) is 12.8. The summed E-state index contributed by atoms with van der Waals surface area (Å²) >= 11 is 6.36. The van der Waals surface area contributed by atoms with E-state index in [-0.39, 0.29) is 23.8 Å². The predicted molar refractivity (Wildman–Crippen MR) is 142 cm³/mol. The van der Waals surface area contributed by atoms with Gasteiger partial charge >= 0.3 is 5.97 Å².